The molecule has 0 saturated heterocycles. The number of nitrogens with one attached hydrogen (secondary N) is 1. The Labute approximate surface area is 105 Å². The number of carbonyl (C=O) groups is 1. The van der Waals surface area contributed by atoms with Gasteiger partial charge in [-0.1, -0.05) is 5.16 Å². The molecule has 1 amide bonds. The third kappa shape index (κ3) is 4.08. The maximum atomic E-state index is 11.7. The van der Waals surface area contributed by atoms with Gasteiger partial charge in [-0.05, 0) is 19.8 Å². The fourth-order valence-electron chi connectivity index (χ4n) is 1.51. The van der Waals surface area contributed by atoms with E-state index in [-0.39, 0.29) is 17.5 Å². The summed E-state index contributed by atoms with van der Waals surface area (Å²) in [6, 6.07) is 0. The number of carbonyl (C=O) groups excluding carboxylic acids is 1. The van der Waals surface area contributed by atoms with E-state index >= 15 is 0 Å². The molecule has 1 aromatic heterocycles. The predicted molar refractivity (Wildman–Crippen MR) is 65.6 cm³/mol. The molecular formula is C11H18N4O3. The van der Waals surface area contributed by atoms with Crippen molar-refractivity contribution in [3.63, 3.8) is 0 Å². The Bertz CT molecular complexity index is 439. The number of rotatable bonds is 6. The van der Waals surface area contributed by atoms with Gasteiger partial charge in [0.15, 0.2) is 5.89 Å². The van der Waals surface area contributed by atoms with E-state index < -0.39 is 0 Å². The summed E-state index contributed by atoms with van der Waals surface area (Å²) in [6.07, 6.45) is 1.99. The second-order valence-electron chi connectivity index (χ2n) is 3.95. The predicted octanol–water partition coefficient (Wildman–Crippen LogP) is 0.938. The number of unbranched alkanes of at least 4 members (excludes halogenated alkanes) is 1. The lowest BCUT2D eigenvalue weighted by Gasteiger charge is -2.03. The van der Waals surface area contributed by atoms with E-state index in [0.717, 1.165) is 12.8 Å². The van der Waals surface area contributed by atoms with Crippen LogP contribution in [0.3, 0.4) is 0 Å². The quantitative estimate of drug-likeness (QED) is 0.230. The minimum Gasteiger partial charge on any atom is -0.436 e. The maximum Gasteiger partial charge on any atom is 0.289 e. The minimum absolute atomic E-state index is 0.197. The van der Waals surface area contributed by atoms with Crippen LogP contribution in [0.4, 0.5) is 0 Å². The lowest BCUT2D eigenvalue weighted by Crippen LogP contribution is -2.25. The van der Waals surface area contributed by atoms with Crippen LogP contribution in [-0.4, -0.2) is 28.5 Å². The van der Waals surface area contributed by atoms with Gasteiger partial charge in [-0.2, -0.15) is 0 Å². The molecule has 0 unspecified atom stereocenters. The number of amides is 1. The molecule has 18 heavy (non-hydrogen) atoms. The van der Waals surface area contributed by atoms with Gasteiger partial charge in [-0.3, -0.25) is 4.79 Å². The summed E-state index contributed by atoms with van der Waals surface area (Å²) in [5.41, 5.74) is 5.90. The van der Waals surface area contributed by atoms with Crippen LogP contribution in [0.5, 0.6) is 0 Å². The van der Waals surface area contributed by atoms with Crippen LogP contribution >= 0.6 is 0 Å². The van der Waals surface area contributed by atoms with Gasteiger partial charge in [-0.15, -0.1) is 0 Å². The molecule has 1 heterocycles. The topological polar surface area (TPSA) is 114 Å². The van der Waals surface area contributed by atoms with Crippen molar-refractivity contribution in [1.82, 2.24) is 10.3 Å². The summed E-state index contributed by atoms with van der Waals surface area (Å²) in [6.45, 7) is 3.93. The largest absolute Gasteiger partial charge is 0.436 e. The standard InChI is InChI=1S/C11H18N4O3/c1-7-10(18-8(2)14-7)11(16)13-6-4-3-5-9(12)15-17/h17H,3-6H2,1-2H3,(H2,12,15)(H,13,16). The Kier molecular flexibility index (Phi) is 5.16. The maximum absolute atomic E-state index is 11.7. The van der Waals surface area contributed by atoms with Crippen molar-refractivity contribution in [2.24, 2.45) is 10.9 Å². The summed E-state index contributed by atoms with van der Waals surface area (Å²) in [5, 5.41) is 13.9. The van der Waals surface area contributed by atoms with Gasteiger partial charge in [0, 0.05) is 19.9 Å². The molecule has 0 saturated carbocycles. The average molecular weight is 254 g/mol. The molecule has 0 atom stereocenters. The van der Waals surface area contributed by atoms with Crippen molar-refractivity contribution in [3.05, 3.63) is 17.3 Å². The van der Waals surface area contributed by atoms with Crippen LogP contribution in [0.2, 0.25) is 0 Å². The van der Waals surface area contributed by atoms with E-state index in [9.17, 15) is 4.79 Å². The van der Waals surface area contributed by atoms with E-state index in [1.54, 1.807) is 13.8 Å². The molecule has 7 heteroatoms. The van der Waals surface area contributed by atoms with Gasteiger partial charge >= 0.3 is 0 Å². The third-order valence-corrected chi connectivity index (χ3v) is 2.38. The second kappa shape index (κ2) is 6.63. The van der Waals surface area contributed by atoms with Crippen LogP contribution < -0.4 is 11.1 Å². The first-order valence-corrected chi connectivity index (χ1v) is 5.73. The number of hydrogen-bond acceptors (Lipinski definition) is 5. The second-order valence-corrected chi connectivity index (χ2v) is 3.95. The molecule has 1 aromatic rings. The van der Waals surface area contributed by atoms with Gasteiger partial charge in [0.2, 0.25) is 5.76 Å². The van der Waals surface area contributed by atoms with E-state index in [1.807, 2.05) is 0 Å². The third-order valence-electron chi connectivity index (χ3n) is 2.38. The molecule has 0 fully saturated rings. The van der Waals surface area contributed by atoms with Crippen molar-refractivity contribution in [2.75, 3.05) is 6.54 Å². The molecule has 0 aliphatic rings. The van der Waals surface area contributed by atoms with E-state index in [0.29, 0.717) is 24.6 Å². The average Bonchev–Trinajstić information content (AvgIpc) is 2.67. The fraction of sp³-hybridized carbons (Fsp3) is 0.545. The lowest BCUT2D eigenvalue weighted by molar-refractivity contribution is 0.0923. The van der Waals surface area contributed by atoms with Crippen LogP contribution in [0, 0.1) is 13.8 Å². The molecule has 1 rings (SSSR count). The van der Waals surface area contributed by atoms with E-state index in [2.05, 4.69) is 15.5 Å². The number of amidine groups is 1. The van der Waals surface area contributed by atoms with Crippen LogP contribution in [0.15, 0.2) is 9.57 Å². The lowest BCUT2D eigenvalue weighted by atomic mass is 10.2. The van der Waals surface area contributed by atoms with Crippen molar-refractivity contribution in [3.8, 4) is 0 Å². The first kappa shape index (κ1) is 14.0. The van der Waals surface area contributed by atoms with Gasteiger partial charge in [0.25, 0.3) is 5.91 Å². The molecule has 0 spiro atoms. The van der Waals surface area contributed by atoms with Crippen LogP contribution in [-0.2, 0) is 0 Å². The Morgan fingerprint density at radius 1 is 1.50 bits per heavy atom. The van der Waals surface area contributed by atoms with Crippen LogP contribution in [0.1, 0.15) is 41.4 Å². The summed E-state index contributed by atoms with van der Waals surface area (Å²) in [4.78, 5) is 15.7. The Balaban J connectivity index is 2.28. The molecule has 0 radical (unpaired) electrons. The number of oxime groups is 1. The fourth-order valence-corrected chi connectivity index (χ4v) is 1.51. The summed E-state index contributed by atoms with van der Waals surface area (Å²) in [5.74, 6) is 0.661. The number of nitrogens with two attached hydrogens (primary N) is 1. The Morgan fingerprint density at radius 2 is 2.22 bits per heavy atom. The zero-order valence-electron chi connectivity index (χ0n) is 10.6. The molecular weight excluding hydrogens is 236 g/mol. The normalized spacial score (nSPS) is 11.6. The molecule has 0 aromatic carbocycles. The van der Waals surface area contributed by atoms with Gasteiger partial charge in [0.05, 0.1) is 5.69 Å². The highest BCUT2D eigenvalue weighted by Crippen LogP contribution is 2.08. The van der Waals surface area contributed by atoms with Gasteiger partial charge in [-0.25, -0.2) is 4.98 Å². The molecule has 7 nitrogen and oxygen atoms in total. The van der Waals surface area contributed by atoms with Crippen molar-refractivity contribution >= 4 is 11.7 Å². The number of oxazole rings is 1. The first-order valence-electron chi connectivity index (χ1n) is 5.73. The van der Waals surface area contributed by atoms with Gasteiger partial charge < -0.3 is 20.7 Å². The zero-order chi connectivity index (χ0) is 13.5. The SMILES string of the molecule is Cc1nc(C)c(C(=O)NCCCCC(N)=NO)o1. The smallest absolute Gasteiger partial charge is 0.289 e. The Hall–Kier alpha value is -2.05. The monoisotopic (exact) mass is 254 g/mol. The Morgan fingerprint density at radius 3 is 2.78 bits per heavy atom. The van der Waals surface area contributed by atoms with Crippen molar-refractivity contribution in [2.45, 2.75) is 33.1 Å². The van der Waals surface area contributed by atoms with Crippen LogP contribution in [0.25, 0.3) is 0 Å². The van der Waals surface area contributed by atoms with Gasteiger partial charge in [0.1, 0.15) is 5.84 Å². The highest BCUT2D eigenvalue weighted by molar-refractivity contribution is 5.92. The first-order chi connectivity index (χ1) is 8.54. The zero-order valence-corrected chi connectivity index (χ0v) is 10.6. The number of hydrogen-bond donors (Lipinski definition) is 3. The van der Waals surface area contributed by atoms with Crippen molar-refractivity contribution in [1.29, 1.82) is 0 Å². The summed E-state index contributed by atoms with van der Waals surface area (Å²) >= 11 is 0. The van der Waals surface area contributed by atoms with Crippen molar-refractivity contribution < 1.29 is 14.4 Å². The van der Waals surface area contributed by atoms with E-state index in [1.165, 1.54) is 0 Å². The molecule has 0 aliphatic carbocycles. The highest BCUT2D eigenvalue weighted by Gasteiger charge is 2.14. The minimum atomic E-state index is -0.267. The molecule has 0 bridgehead atoms. The number of nitrogens with zero attached hydrogens (tertiary/aromatic N) is 2. The highest BCUT2D eigenvalue weighted by atomic mass is 16.4. The molecule has 100 valence electrons. The summed E-state index contributed by atoms with van der Waals surface area (Å²) in [7, 11) is 0. The summed E-state index contributed by atoms with van der Waals surface area (Å²) < 4.78 is 5.19. The molecule has 4 N–H and O–H groups in total. The number of aryl methyl sites for hydroxylation is 2. The number of aromatic nitrogens is 1. The van der Waals surface area contributed by atoms with E-state index in [4.69, 9.17) is 15.4 Å². The molecule has 0 aliphatic heterocycles.